The highest BCUT2D eigenvalue weighted by atomic mass is 127. The SMILES string of the molecule is CCC1=NC(C(F)(F)F)=CI=C1. The third-order valence-corrected chi connectivity index (χ3v) is 3.30. The van der Waals surface area contributed by atoms with Crippen LogP contribution in [0, 0.1) is 0 Å². The van der Waals surface area contributed by atoms with E-state index in [2.05, 4.69) is 4.99 Å². The van der Waals surface area contributed by atoms with Gasteiger partial charge in [-0.1, -0.05) is 27.7 Å². The quantitative estimate of drug-likeness (QED) is 0.658. The van der Waals surface area contributed by atoms with Crippen molar-refractivity contribution in [2.75, 3.05) is 0 Å². The molecule has 0 aromatic carbocycles. The summed E-state index contributed by atoms with van der Waals surface area (Å²) >= 11 is -0.576. The molecule has 0 aromatic rings. The third-order valence-electron chi connectivity index (χ3n) is 1.27. The van der Waals surface area contributed by atoms with E-state index in [0.717, 1.165) is 0 Å². The van der Waals surface area contributed by atoms with Gasteiger partial charge in [-0.25, -0.2) is 4.99 Å². The summed E-state index contributed by atoms with van der Waals surface area (Å²) in [4.78, 5) is 3.50. The number of allylic oxidation sites excluding steroid dienone is 1. The van der Waals surface area contributed by atoms with Crippen molar-refractivity contribution in [3.05, 3.63) is 9.78 Å². The summed E-state index contributed by atoms with van der Waals surface area (Å²) in [6.07, 6.45) is -3.69. The number of rotatable bonds is 1. The molecule has 0 N–H and O–H groups in total. The van der Waals surface area contributed by atoms with Gasteiger partial charge < -0.3 is 0 Å². The van der Waals surface area contributed by atoms with Crippen molar-refractivity contribution in [2.45, 2.75) is 19.5 Å². The van der Waals surface area contributed by atoms with E-state index in [1.54, 1.807) is 6.92 Å². The predicted molar refractivity (Wildman–Crippen MR) is 51.9 cm³/mol. The van der Waals surface area contributed by atoms with Crippen LogP contribution >= 0.6 is 20.7 Å². The Kier molecular flexibility index (Phi) is 3.03. The van der Waals surface area contributed by atoms with E-state index < -0.39 is 32.6 Å². The monoisotopic (exact) mass is 289 g/mol. The number of nitrogens with zero attached hydrogens (tertiary/aromatic N) is 1. The maximum atomic E-state index is 12.1. The van der Waals surface area contributed by atoms with Crippen molar-refractivity contribution in [3.63, 3.8) is 0 Å². The molecule has 12 heavy (non-hydrogen) atoms. The molecule has 1 aliphatic rings. The maximum Gasteiger partial charge on any atom is 0.433 e. The zero-order valence-electron chi connectivity index (χ0n) is 6.32. The first-order valence-corrected chi connectivity index (χ1v) is 5.83. The van der Waals surface area contributed by atoms with Gasteiger partial charge in [0.25, 0.3) is 0 Å². The normalized spacial score (nSPS) is 18.0. The third kappa shape index (κ3) is 2.40. The largest absolute Gasteiger partial charge is 0.433 e. The number of halogens is 4. The maximum absolute atomic E-state index is 12.1. The predicted octanol–water partition coefficient (Wildman–Crippen LogP) is 3.03. The Morgan fingerprint density at radius 1 is 1.50 bits per heavy atom. The Balaban J connectivity index is 2.90. The van der Waals surface area contributed by atoms with Crippen molar-refractivity contribution in [2.24, 2.45) is 4.99 Å². The molecular weight excluding hydrogens is 282 g/mol. The molecule has 5 heteroatoms. The first-order valence-electron chi connectivity index (χ1n) is 3.34. The minimum Gasteiger partial charge on any atom is -0.247 e. The molecule has 0 saturated carbocycles. The number of alkyl halides is 3. The molecule has 0 bridgehead atoms. The van der Waals surface area contributed by atoms with Gasteiger partial charge in [0, 0.05) is 9.79 Å². The summed E-state index contributed by atoms with van der Waals surface area (Å²) in [5.41, 5.74) is -0.146. The van der Waals surface area contributed by atoms with E-state index in [0.29, 0.717) is 12.1 Å². The summed E-state index contributed by atoms with van der Waals surface area (Å²) in [5.74, 6) is 0. The van der Waals surface area contributed by atoms with Gasteiger partial charge in [-0.2, -0.15) is 13.2 Å². The summed E-state index contributed by atoms with van der Waals surface area (Å²) in [6.45, 7) is 1.80. The molecule has 1 heterocycles. The van der Waals surface area contributed by atoms with E-state index in [1.165, 1.54) is 4.08 Å². The van der Waals surface area contributed by atoms with Crippen LogP contribution in [-0.4, -0.2) is 15.9 Å². The number of hydrogen-bond donors (Lipinski definition) is 0. The Morgan fingerprint density at radius 2 is 2.17 bits per heavy atom. The standard InChI is InChI=1S/C7H7F3IN/c1-2-5-3-11-4-6(12-5)7(8,9)10/h3-4H,2H2,1H3. The van der Waals surface area contributed by atoms with Gasteiger partial charge in [0.05, 0.1) is 0 Å². The van der Waals surface area contributed by atoms with Crippen molar-refractivity contribution in [1.82, 2.24) is 0 Å². The molecular formula is C7H7F3IN. The zero-order valence-corrected chi connectivity index (χ0v) is 8.48. The lowest BCUT2D eigenvalue weighted by atomic mass is 10.3. The number of aliphatic imine (C=N–C) groups is 1. The van der Waals surface area contributed by atoms with E-state index in [-0.39, 0.29) is 0 Å². The summed E-state index contributed by atoms with van der Waals surface area (Å²) in [7, 11) is 0. The molecule has 1 aliphatic heterocycles. The van der Waals surface area contributed by atoms with Gasteiger partial charge in [-0.3, -0.25) is 0 Å². The Bertz CT molecular complexity index is 262. The van der Waals surface area contributed by atoms with E-state index in [4.69, 9.17) is 0 Å². The summed E-state index contributed by atoms with van der Waals surface area (Å²) in [6, 6.07) is 0. The first kappa shape index (κ1) is 9.88. The molecule has 1 rings (SSSR count). The molecule has 0 saturated heterocycles. The molecule has 0 atom stereocenters. The fourth-order valence-electron chi connectivity index (χ4n) is 0.649. The van der Waals surface area contributed by atoms with Crippen LogP contribution in [0.4, 0.5) is 13.2 Å². The van der Waals surface area contributed by atoms with Gasteiger partial charge in [0.15, 0.2) is 0 Å². The van der Waals surface area contributed by atoms with Crippen LogP contribution in [0.25, 0.3) is 0 Å². The van der Waals surface area contributed by atoms with E-state index >= 15 is 0 Å². The van der Waals surface area contributed by atoms with Crippen molar-refractivity contribution >= 4 is 30.5 Å². The second-order valence-corrected chi connectivity index (χ2v) is 4.15. The van der Waals surface area contributed by atoms with Crippen molar-refractivity contribution in [1.29, 1.82) is 0 Å². The Morgan fingerprint density at radius 3 is 2.67 bits per heavy atom. The highest BCUT2D eigenvalue weighted by Gasteiger charge is 2.34. The van der Waals surface area contributed by atoms with Gasteiger partial charge in [-0.15, -0.1) is 0 Å². The fraction of sp³-hybridized carbons (Fsp3) is 0.429. The molecule has 1 nitrogen and oxygen atoms in total. The van der Waals surface area contributed by atoms with Crippen LogP contribution in [0.3, 0.4) is 0 Å². The molecule has 0 radical (unpaired) electrons. The smallest absolute Gasteiger partial charge is 0.247 e. The number of hydrogen-bond acceptors (Lipinski definition) is 1. The summed E-state index contributed by atoms with van der Waals surface area (Å²) in [5, 5.41) is 0. The van der Waals surface area contributed by atoms with E-state index in [1.807, 2.05) is 4.01 Å². The van der Waals surface area contributed by atoms with Gasteiger partial charge in [0.1, 0.15) is 5.70 Å². The van der Waals surface area contributed by atoms with Crippen LogP contribution in [0.1, 0.15) is 13.3 Å². The Hall–Kier alpha value is -0.200. The van der Waals surface area contributed by atoms with Crippen LogP contribution in [-0.2, 0) is 0 Å². The molecule has 0 amide bonds. The molecule has 0 unspecified atom stereocenters. The van der Waals surface area contributed by atoms with Crippen LogP contribution < -0.4 is 0 Å². The zero-order chi connectivity index (χ0) is 9.19. The van der Waals surface area contributed by atoms with Crippen molar-refractivity contribution < 1.29 is 13.2 Å². The minimum atomic E-state index is -4.27. The first-order chi connectivity index (χ1) is 5.54. The fourth-order valence-corrected chi connectivity index (χ4v) is 2.66. The van der Waals surface area contributed by atoms with Crippen molar-refractivity contribution in [3.8, 4) is 0 Å². The topological polar surface area (TPSA) is 12.4 Å². The Labute approximate surface area is 78.1 Å². The second-order valence-electron chi connectivity index (χ2n) is 2.18. The lowest BCUT2D eigenvalue weighted by Gasteiger charge is -2.09. The van der Waals surface area contributed by atoms with Gasteiger partial charge in [-0.05, 0) is 10.4 Å². The summed E-state index contributed by atoms with van der Waals surface area (Å²) < 4.78 is 39.3. The highest BCUT2D eigenvalue weighted by Crippen LogP contribution is 2.30. The molecule has 0 aliphatic carbocycles. The van der Waals surface area contributed by atoms with Crippen LogP contribution in [0.15, 0.2) is 14.8 Å². The highest BCUT2D eigenvalue weighted by molar-refractivity contribution is 14.2. The lowest BCUT2D eigenvalue weighted by molar-refractivity contribution is -0.0919. The molecule has 0 fully saturated rings. The van der Waals surface area contributed by atoms with Crippen LogP contribution in [0.2, 0.25) is 0 Å². The van der Waals surface area contributed by atoms with Crippen LogP contribution in [0.5, 0.6) is 0 Å². The molecule has 0 spiro atoms. The average Bonchev–Trinajstić information content (AvgIpc) is 2.03. The average molecular weight is 289 g/mol. The molecule has 0 aromatic heterocycles. The molecule has 68 valence electrons. The van der Waals surface area contributed by atoms with Gasteiger partial charge in [0.2, 0.25) is 0 Å². The second kappa shape index (κ2) is 3.68. The minimum absolute atomic E-state index is 0.567. The van der Waals surface area contributed by atoms with Gasteiger partial charge >= 0.3 is 6.18 Å². The van der Waals surface area contributed by atoms with E-state index in [9.17, 15) is 13.2 Å². The lowest BCUT2D eigenvalue weighted by Crippen LogP contribution is -2.13.